The molecule has 1 heterocycles. The van der Waals surface area contributed by atoms with Crippen molar-refractivity contribution in [2.45, 2.75) is 18.5 Å². The molecule has 2 aliphatic rings. The Bertz CT molecular complexity index is 551. The summed E-state index contributed by atoms with van der Waals surface area (Å²) < 4.78 is 22.3. The van der Waals surface area contributed by atoms with E-state index in [0.29, 0.717) is 6.42 Å². The molecule has 1 aliphatic carbocycles. The van der Waals surface area contributed by atoms with Crippen molar-refractivity contribution in [1.82, 2.24) is 10.6 Å². The van der Waals surface area contributed by atoms with E-state index < -0.39 is 33.8 Å². The van der Waals surface area contributed by atoms with Crippen molar-refractivity contribution < 1.29 is 23.1 Å². The number of hydrogen-bond donors (Lipinski definition) is 3. The first-order chi connectivity index (χ1) is 8.85. The predicted octanol–water partition coefficient (Wildman–Crippen LogP) is -0.374. The van der Waals surface area contributed by atoms with Gasteiger partial charge < -0.3 is 15.7 Å². The van der Waals surface area contributed by atoms with Crippen molar-refractivity contribution in [2.75, 3.05) is 5.75 Å². The van der Waals surface area contributed by atoms with Crippen molar-refractivity contribution in [2.24, 2.45) is 5.92 Å². The van der Waals surface area contributed by atoms with Crippen LogP contribution < -0.4 is 10.6 Å². The standard InChI is InChI=1S/C11H14N2O5S/c14-10(15)7-1-2-8(5-7)12-11(16)13-9-3-4-19(17,18)6-9/h1-4,7-9H,5-6H2,(H,14,15)(H2,12,13,16). The molecule has 0 aromatic rings. The lowest BCUT2D eigenvalue weighted by Crippen LogP contribution is -2.45. The molecule has 0 bridgehead atoms. The first kappa shape index (κ1) is 13.6. The van der Waals surface area contributed by atoms with E-state index in [1.165, 1.54) is 12.2 Å². The van der Waals surface area contributed by atoms with Crippen LogP contribution in [0.4, 0.5) is 4.79 Å². The van der Waals surface area contributed by atoms with E-state index in [4.69, 9.17) is 5.11 Å². The second-order valence-electron chi connectivity index (χ2n) is 4.55. The fraction of sp³-hybridized carbons (Fsp3) is 0.455. The third-order valence-corrected chi connectivity index (χ3v) is 4.36. The summed E-state index contributed by atoms with van der Waals surface area (Å²) in [5.74, 6) is -1.65. The third kappa shape index (κ3) is 3.57. The zero-order valence-electron chi connectivity index (χ0n) is 9.94. The number of carboxylic acids is 1. The molecular weight excluding hydrogens is 272 g/mol. The molecule has 7 nitrogen and oxygen atoms in total. The number of aliphatic carboxylic acids is 1. The molecule has 3 unspecified atom stereocenters. The van der Waals surface area contributed by atoms with Crippen LogP contribution >= 0.6 is 0 Å². The lowest BCUT2D eigenvalue weighted by Gasteiger charge is -2.15. The Hall–Kier alpha value is -1.83. The highest BCUT2D eigenvalue weighted by Gasteiger charge is 2.27. The number of urea groups is 1. The van der Waals surface area contributed by atoms with E-state index in [0.717, 1.165) is 5.41 Å². The molecule has 0 spiro atoms. The highest BCUT2D eigenvalue weighted by atomic mass is 32.2. The maximum Gasteiger partial charge on any atom is 0.315 e. The number of carboxylic acid groups (broad SMARTS) is 1. The third-order valence-electron chi connectivity index (χ3n) is 2.96. The van der Waals surface area contributed by atoms with Crippen LogP contribution in [0, 0.1) is 5.92 Å². The van der Waals surface area contributed by atoms with E-state index >= 15 is 0 Å². The number of carbonyl (C=O) groups is 2. The average Bonchev–Trinajstić information content (AvgIpc) is 2.85. The van der Waals surface area contributed by atoms with Gasteiger partial charge in [0, 0.05) is 5.41 Å². The highest BCUT2D eigenvalue weighted by Crippen LogP contribution is 2.17. The minimum Gasteiger partial charge on any atom is -0.481 e. The highest BCUT2D eigenvalue weighted by molar-refractivity contribution is 7.94. The van der Waals surface area contributed by atoms with Crippen molar-refractivity contribution >= 4 is 21.8 Å². The average molecular weight is 286 g/mol. The van der Waals surface area contributed by atoms with Crippen molar-refractivity contribution in [1.29, 1.82) is 0 Å². The summed E-state index contributed by atoms with van der Waals surface area (Å²) in [6, 6.07) is -1.39. The number of carbonyl (C=O) groups excluding carboxylic acids is 1. The van der Waals surface area contributed by atoms with Gasteiger partial charge in [-0.25, -0.2) is 13.2 Å². The van der Waals surface area contributed by atoms with Gasteiger partial charge in [0.05, 0.1) is 23.8 Å². The fourth-order valence-corrected chi connectivity index (χ4v) is 3.27. The minimum atomic E-state index is -3.20. The Balaban J connectivity index is 1.79. The molecular formula is C11H14N2O5S. The van der Waals surface area contributed by atoms with Crippen LogP contribution in [0.1, 0.15) is 6.42 Å². The Labute approximate surface area is 110 Å². The van der Waals surface area contributed by atoms with Gasteiger partial charge in [0.25, 0.3) is 0 Å². The van der Waals surface area contributed by atoms with E-state index in [1.807, 2.05) is 0 Å². The summed E-state index contributed by atoms with van der Waals surface area (Å²) in [5, 5.41) is 15.0. The molecule has 0 fully saturated rings. The predicted molar refractivity (Wildman–Crippen MR) is 67.1 cm³/mol. The number of sulfone groups is 1. The molecule has 3 atom stereocenters. The second kappa shape index (κ2) is 5.04. The SMILES string of the molecule is O=C(NC1C=CC(C(=O)O)C1)NC1C=CS(=O)(=O)C1. The largest absolute Gasteiger partial charge is 0.481 e. The monoisotopic (exact) mass is 286 g/mol. The molecule has 8 heteroatoms. The molecule has 0 saturated heterocycles. The number of rotatable bonds is 3. The first-order valence-electron chi connectivity index (χ1n) is 5.75. The van der Waals surface area contributed by atoms with Gasteiger partial charge in [-0.05, 0) is 12.5 Å². The summed E-state index contributed by atoms with van der Waals surface area (Å²) in [7, 11) is -3.20. The van der Waals surface area contributed by atoms with Gasteiger partial charge in [0.2, 0.25) is 0 Å². The summed E-state index contributed by atoms with van der Waals surface area (Å²) >= 11 is 0. The van der Waals surface area contributed by atoms with Crippen LogP contribution in [0.5, 0.6) is 0 Å². The second-order valence-corrected chi connectivity index (χ2v) is 6.49. The van der Waals surface area contributed by atoms with E-state index in [1.54, 1.807) is 6.08 Å². The van der Waals surface area contributed by atoms with Gasteiger partial charge in [0.15, 0.2) is 9.84 Å². The molecule has 1 aliphatic heterocycles. The van der Waals surface area contributed by atoms with Gasteiger partial charge in [-0.1, -0.05) is 12.2 Å². The van der Waals surface area contributed by atoms with Gasteiger partial charge in [-0.3, -0.25) is 4.79 Å². The molecule has 3 N–H and O–H groups in total. The molecule has 0 aromatic heterocycles. The fourth-order valence-electron chi connectivity index (χ4n) is 2.03. The van der Waals surface area contributed by atoms with E-state index in [2.05, 4.69) is 10.6 Å². The minimum absolute atomic E-state index is 0.140. The molecule has 0 aromatic carbocycles. The quantitative estimate of drug-likeness (QED) is 0.612. The molecule has 2 amide bonds. The lowest BCUT2D eigenvalue weighted by atomic mass is 10.1. The number of nitrogens with one attached hydrogen (secondary N) is 2. The van der Waals surface area contributed by atoms with Crippen LogP contribution in [-0.2, 0) is 14.6 Å². The topological polar surface area (TPSA) is 113 Å². The van der Waals surface area contributed by atoms with E-state index in [-0.39, 0.29) is 11.8 Å². The maximum atomic E-state index is 11.6. The van der Waals surface area contributed by atoms with Crippen LogP contribution in [0.15, 0.2) is 23.6 Å². The van der Waals surface area contributed by atoms with Gasteiger partial charge in [-0.15, -0.1) is 0 Å². The Kier molecular flexibility index (Phi) is 3.61. The molecule has 19 heavy (non-hydrogen) atoms. The molecule has 0 radical (unpaired) electrons. The zero-order chi connectivity index (χ0) is 14.0. The van der Waals surface area contributed by atoms with Crippen molar-refractivity contribution in [3.05, 3.63) is 23.6 Å². The van der Waals surface area contributed by atoms with E-state index in [9.17, 15) is 18.0 Å². The Morgan fingerprint density at radius 2 is 1.79 bits per heavy atom. The van der Waals surface area contributed by atoms with Gasteiger partial charge in [0.1, 0.15) is 0 Å². The first-order valence-corrected chi connectivity index (χ1v) is 7.46. The summed E-state index contributed by atoms with van der Waals surface area (Å²) in [6.45, 7) is 0. The Morgan fingerprint density at radius 1 is 1.11 bits per heavy atom. The summed E-state index contributed by atoms with van der Waals surface area (Å²) in [6.07, 6.45) is 4.88. The summed E-state index contributed by atoms with van der Waals surface area (Å²) in [4.78, 5) is 22.3. The van der Waals surface area contributed by atoms with Gasteiger partial charge >= 0.3 is 12.0 Å². The maximum absolute atomic E-state index is 11.6. The van der Waals surface area contributed by atoms with Crippen molar-refractivity contribution in [3.8, 4) is 0 Å². The molecule has 0 saturated carbocycles. The Morgan fingerprint density at radius 3 is 2.32 bits per heavy atom. The van der Waals surface area contributed by atoms with Crippen LogP contribution in [0.25, 0.3) is 0 Å². The number of hydrogen-bond acceptors (Lipinski definition) is 4. The lowest BCUT2D eigenvalue weighted by molar-refractivity contribution is -0.140. The summed E-state index contributed by atoms with van der Waals surface area (Å²) in [5.41, 5.74) is 0. The smallest absolute Gasteiger partial charge is 0.315 e. The van der Waals surface area contributed by atoms with Crippen LogP contribution in [0.2, 0.25) is 0 Å². The van der Waals surface area contributed by atoms with Crippen molar-refractivity contribution in [3.63, 3.8) is 0 Å². The van der Waals surface area contributed by atoms with Gasteiger partial charge in [-0.2, -0.15) is 0 Å². The van der Waals surface area contributed by atoms with Crippen LogP contribution in [0.3, 0.4) is 0 Å². The normalized spacial score (nSPS) is 31.3. The molecule has 104 valence electrons. The van der Waals surface area contributed by atoms with Crippen LogP contribution in [-0.4, -0.2) is 43.4 Å². The zero-order valence-corrected chi connectivity index (χ0v) is 10.8. The molecule has 2 rings (SSSR count). The number of amides is 2.